The lowest BCUT2D eigenvalue weighted by molar-refractivity contribution is 0.380. The predicted octanol–water partition coefficient (Wildman–Crippen LogP) is 2.01. The van der Waals surface area contributed by atoms with Crippen LogP contribution in [0.3, 0.4) is 0 Å². The molecule has 0 atom stereocenters. The number of nitrogens with zero attached hydrogens (tertiary/aromatic N) is 3. The van der Waals surface area contributed by atoms with Crippen molar-refractivity contribution in [3.63, 3.8) is 0 Å². The van der Waals surface area contributed by atoms with Crippen LogP contribution in [0.5, 0.6) is 6.01 Å². The van der Waals surface area contributed by atoms with Gasteiger partial charge in [-0.25, -0.2) is 0 Å². The Hall–Kier alpha value is -1.62. The van der Waals surface area contributed by atoms with Crippen molar-refractivity contribution in [2.24, 2.45) is 12.8 Å². The molecule has 19 heavy (non-hydrogen) atoms. The van der Waals surface area contributed by atoms with Crippen molar-refractivity contribution in [1.82, 2.24) is 14.5 Å². The highest BCUT2D eigenvalue weighted by atomic mass is 16.5. The van der Waals surface area contributed by atoms with Crippen molar-refractivity contribution >= 4 is 11.0 Å². The molecule has 1 saturated carbocycles. The monoisotopic (exact) mass is 260 g/mol. The molecule has 0 spiro atoms. The van der Waals surface area contributed by atoms with Gasteiger partial charge in [-0.15, -0.1) is 0 Å². The summed E-state index contributed by atoms with van der Waals surface area (Å²) in [6.45, 7) is 1.99. The molecule has 2 aromatic heterocycles. The quantitative estimate of drug-likeness (QED) is 0.897. The van der Waals surface area contributed by atoms with Crippen molar-refractivity contribution in [3.8, 4) is 6.01 Å². The molecule has 1 aliphatic rings. The molecular weight excluding hydrogens is 240 g/mol. The Kier molecular flexibility index (Phi) is 2.74. The summed E-state index contributed by atoms with van der Waals surface area (Å²) >= 11 is 0. The molecule has 1 aliphatic carbocycles. The zero-order valence-electron chi connectivity index (χ0n) is 11.7. The molecule has 2 heterocycles. The summed E-state index contributed by atoms with van der Waals surface area (Å²) in [6.07, 6.45) is 6.58. The molecule has 0 aliphatic heterocycles. The molecule has 1 fully saturated rings. The Labute approximate surface area is 112 Å². The van der Waals surface area contributed by atoms with Crippen LogP contribution in [-0.2, 0) is 12.6 Å². The maximum absolute atomic E-state index is 6.60. The van der Waals surface area contributed by atoms with Crippen LogP contribution in [0.1, 0.15) is 36.9 Å². The zero-order valence-corrected chi connectivity index (χ0v) is 11.7. The molecule has 0 saturated heterocycles. The van der Waals surface area contributed by atoms with Gasteiger partial charge in [-0.2, -0.15) is 9.97 Å². The van der Waals surface area contributed by atoms with Crippen molar-refractivity contribution in [3.05, 3.63) is 17.5 Å². The van der Waals surface area contributed by atoms with Gasteiger partial charge in [0.15, 0.2) is 0 Å². The van der Waals surface area contributed by atoms with Gasteiger partial charge in [0, 0.05) is 29.7 Å². The predicted molar refractivity (Wildman–Crippen MR) is 74.1 cm³/mol. The Morgan fingerprint density at radius 3 is 2.63 bits per heavy atom. The van der Waals surface area contributed by atoms with E-state index >= 15 is 0 Å². The second-order valence-electron chi connectivity index (χ2n) is 5.51. The molecular formula is C14H20N4O. The van der Waals surface area contributed by atoms with Crippen molar-refractivity contribution in [2.45, 2.75) is 38.1 Å². The fraction of sp³-hybridized carbons (Fsp3) is 0.571. The van der Waals surface area contributed by atoms with E-state index in [4.69, 9.17) is 10.5 Å². The first-order valence-corrected chi connectivity index (χ1v) is 6.72. The Bertz CT molecular complexity index is 626. The number of aromatic nitrogens is 3. The standard InChI is InChI=1S/C14H20N4O/c1-9-11-10(14(15)6-4-5-7-14)8-18(2)12(11)17-13(16-9)19-3/h8H,4-7,15H2,1-3H3. The van der Waals surface area contributed by atoms with Crippen LogP contribution in [0, 0.1) is 6.92 Å². The first-order chi connectivity index (χ1) is 9.05. The van der Waals surface area contributed by atoms with Gasteiger partial charge in [-0.05, 0) is 19.8 Å². The van der Waals surface area contributed by atoms with Crippen molar-refractivity contribution in [2.75, 3.05) is 7.11 Å². The average molecular weight is 260 g/mol. The van der Waals surface area contributed by atoms with Crippen LogP contribution in [0.25, 0.3) is 11.0 Å². The van der Waals surface area contributed by atoms with E-state index in [1.807, 2.05) is 18.5 Å². The van der Waals surface area contributed by atoms with Gasteiger partial charge >= 0.3 is 6.01 Å². The van der Waals surface area contributed by atoms with Crippen LogP contribution in [0.15, 0.2) is 6.20 Å². The first-order valence-electron chi connectivity index (χ1n) is 6.72. The highest BCUT2D eigenvalue weighted by Crippen LogP contribution is 2.40. The van der Waals surface area contributed by atoms with E-state index < -0.39 is 0 Å². The third-order valence-electron chi connectivity index (χ3n) is 4.19. The highest BCUT2D eigenvalue weighted by Gasteiger charge is 2.34. The van der Waals surface area contributed by atoms with Gasteiger partial charge in [-0.1, -0.05) is 12.8 Å². The second-order valence-corrected chi connectivity index (χ2v) is 5.51. The number of methoxy groups -OCH3 is 1. The molecule has 0 amide bonds. The summed E-state index contributed by atoms with van der Waals surface area (Å²) in [5.41, 5.74) is 9.40. The minimum atomic E-state index is -0.220. The average Bonchev–Trinajstić information content (AvgIpc) is 2.96. The minimum Gasteiger partial charge on any atom is -0.467 e. The fourth-order valence-corrected chi connectivity index (χ4v) is 3.17. The lowest BCUT2D eigenvalue weighted by Crippen LogP contribution is -2.33. The SMILES string of the molecule is COc1nc(C)c2c(C3(N)CCCC3)cn(C)c2n1. The van der Waals surface area contributed by atoms with E-state index in [1.54, 1.807) is 7.11 Å². The number of rotatable bonds is 2. The summed E-state index contributed by atoms with van der Waals surface area (Å²) in [5, 5.41) is 1.09. The van der Waals surface area contributed by atoms with Crippen molar-refractivity contribution in [1.29, 1.82) is 0 Å². The number of fused-ring (bicyclic) bond motifs is 1. The van der Waals surface area contributed by atoms with E-state index in [-0.39, 0.29) is 5.54 Å². The molecule has 2 aromatic rings. The molecule has 0 radical (unpaired) electrons. The van der Waals surface area contributed by atoms with E-state index in [1.165, 1.54) is 18.4 Å². The van der Waals surface area contributed by atoms with Crippen LogP contribution in [-0.4, -0.2) is 21.6 Å². The molecule has 5 heteroatoms. The lowest BCUT2D eigenvalue weighted by Gasteiger charge is -2.23. The number of ether oxygens (including phenoxy) is 1. The molecule has 5 nitrogen and oxygen atoms in total. The minimum absolute atomic E-state index is 0.220. The summed E-state index contributed by atoms with van der Waals surface area (Å²) in [5.74, 6) is 0. The van der Waals surface area contributed by atoms with E-state index in [0.29, 0.717) is 6.01 Å². The lowest BCUT2D eigenvalue weighted by atomic mass is 9.89. The van der Waals surface area contributed by atoms with Crippen LogP contribution in [0.4, 0.5) is 0 Å². The Morgan fingerprint density at radius 2 is 2.00 bits per heavy atom. The number of hydrogen-bond acceptors (Lipinski definition) is 4. The summed E-state index contributed by atoms with van der Waals surface area (Å²) in [7, 11) is 3.59. The second kappa shape index (κ2) is 4.20. The number of nitrogens with two attached hydrogens (primary N) is 1. The first kappa shape index (κ1) is 12.4. The molecule has 2 N–H and O–H groups in total. The van der Waals surface area contributed by atoms with E-state index in [0.717, 1.165) is 29.6 Å². The van der Waals surface area contributed by atoms with Crippen molar-refractivity contribution < 1.29 is 4.74 Å². The zero-order chi connectivity index (χ0) is 13.6. The van der Waals surface area contributed by atoms with E-state index in [9.17, 15) is 0 Å². The third kappa shape index (κ3) is 1.80. The molecule has 0 bridgehead atoms. The van der Waals surface area contributed by atoms with Crippen LogP contribution >= 0.6 is 0 Å². The summed E-state index contributed by atoms with van der Waals surface area (Å²) in [4.78, 5) is 8.85. The largest absolute Gasteiger partial charge is 0.467 e. The van der Waals surface area contributed by atoms with Gasteiger partial charge in [0.2, 0.25) is 0 Å². The van der Waals surface area contributed by atoms with Gasteiger partial charge < -0.3 is 15.0 Å². The van der Waals surface area contributed by atoms with Gasteiger partial charge in [0.25, 0.3) is 0 Å². The summed E-state index contributed by atoms with van der Waals surface area (Å²) < 4.78 is 7.17. The molecule has 0 aromatic carbocycles. The maximum Gasteiger partial charge on any atom is 0.318 e. The highest BCUT2D eigenvalue weighted by molar-refractivity contribution is 5.84. The molecule has 102 valence electrons. The van der Waals surface area contributed by atoms with Crippen LogP contribution < -0.4 is 10.5 Å². The number of hydrogen-bond donors (Lipinski definition) is 1. The van der Waals surface area contributed by atoms with Gasteiger partial charge in [-0.3, -0.25) is 0 Å². The molecule has 3 rings (SSSR count). The maximum atomic E-state index is 6.60. The Morgan fingerprint density at radius 1 is 1.32 bits per heavy atom. The Balaban J connectivity index is 2.27. The summed E-state index contributed by atoms with van der Waals surface area (Å²) in [6, 6.07) is 0.412. The normalized spacial score (nSPS) is 18.1. The van der Waals surface area contributed by atoms with E-state index in [2.05, 4.69) is 16.2 Å². The topological polar surface area (TPSA) is 66.0 Å². The fourth-order valence-electron chi connectivity index (χ4n) is 3.17. The van der Waals surface area contributed by atoms with Crippen LogP contribution in [0.2, 0.25) is 0 Å². The molecule has 0 unspecified atom stereocenters. The third-order valence-corrected chi connectivity index (χ3v) is 4.19. The smallest absolute Gasteiger partial charge is 0.318 e. The number of aryl methyl sites for hydroxylation is 2. The van der Waals surface area contributed by atoms with Gasteiger partial charge in [0.05, 0.1) is 12.8 Å². The van der Waals surface area contributed by atoms with Gasteiger partial charge in [0.1, 0.15) is 5.65 Å².